The van der Waals surface area contributed by atoms with E-state index in [9.17, 15) is 9.59 Å². The van der Waals surface area contributed by atoms with Gasteiger partial charge in [0.25, 0.3) is 0 Å². The lowest BCUT2D eigenvalue weighted by atomic mass is 9.74. The highest BCUT2D eigenvalue weighted by Gasteiger charge is 2.28. The van der Waals surface area contributed by atoms with Crippen LogP contribution >= 0.6 is 0 Å². The Morgan fingerprint density at radius 1 is 1.12 bits per heavy atom. The maximum atomic E-state index is 12.5. The Kier molecular flexibility index (Phi) is 7.54. The minimum absolute atomic E-state index is 0.0481. The second kappa shape index (κ2) is 9.41. The van der Waals surface area contributed by atoms with Crippen molar-refractivity contribution in [3.05, 3.63) is 0 Å². The van der Waals surface area contributed by atoms with Crippen LogP contribution in [0.4, 0.5) is 4.79 Å². The fourth-order valence-electron chi connectivity index (χ4n) is 4.38. The van der Waals surface area contributed by atoms with Crippen molar-refractivity contribution in [2.75, 3.05) is 33.2 Å². The van der Waals surface area contributed by atoms with Gasteiger partial charge >= 0.3 is 12.0 Å². The van der Waals surface area contributed by atoms with Crippen LogP contribution in [0.1, 0.15) is 52.4 Å². The van der Waals surface area contributed by atoms with Gasteiger partial charge in [-0.15, -0.1) is 0 Å². The van der Waals surface area contributed by atoms with Gasteiger partial charge in [-0.3, -0.25) is 9.69 Å². The van der Waals surface area contributed by atoms with Crippen molar-refractivity contribution >= 4 is 12.0 Å². The predicted molar refractivity (Wildman–Crippen MR) is 98.5 cm³/mol. The van der Waals surface area contributed by atoms with Crippen LogP contribution in [-0.2, 0) is 4.79 Å². The first-order valence-corrected chi connectivity index (χ1v) is 9.83. The highest BCUT2D eigenvalue weighted by molar-refractivity contribution is 5.74. The van der Waals surface area contributed by atoms with Crippen molar-refractivity contribution in [1.82, 2.24) is 15.1 Å². The first-order chi connectivity index (χ1) is 11.9. The molecule has 4 unspecified atom stereocenters. The van der Waals surface area contributed by atoms with Gasteiger partial charge < -0.3 is 15.3 Å². The topological polar surface area (TPSA) is 72.9 Å². The van der Waals surface area contributed by atoms with E-state index in [1.165, 1.54) is 19.3 Å². The van der Waals surface area contributed by atoms with Crippen molar-refractivity contribution in [2.45, 2.75) is 58.4 Å². The molecule has 0 bridgehead atoms. The molecule has 4 atom stereocenters. The summed E-state index contributed by atoms with van der Waals surface area (Å²) in [6.45, 7) is 6.95. The normalized spacial score (nSPS) is 30.8. The quantitative estimate of drug-likeness (QED) is 0.797. The summed E-state index contributed by atoms with van der Waals surface area (Å²) in [4.78, 5) is 27.2. The van der Waals surface area contributed by atoms with Gasteiger partial charge in [0.05, 0.1) is 6.54 Å². The Balaban J connectivity index is 1.77. The summed E-state index contributed by atoms with van der Waals surface area (Å²) in [6.07, 6.45) is 6.52. The Labute approximate surface area is 151 Å². The molecule has 1 saturated carbocycles. The van der Waals surface area contributed by atoms with Gasteiger partial charge in [0.1, 0.15) is 0 Å². The van der Waals surface area contributed by atoms with E-state index in [2.05, 4.69) is 19.2 Å². The lowest BCUT2D eigenvalue weighted by Gasteiger charge is -2.34. The maximum absolute atomic E-state index is 12.5. The smallest absolute Gasteiger partial charge is 0.317 e. The van der Waals surface area contributed by atoms with Crippen LogP contribution in [0.2, 0.25) is 0 Å². The Hall–Kier alpha value is -1.30. The molecular formula is C19H35N3O3. The van der Waals surface area contributed by atoms with E-state index in [4.69, 9.17) is 5.11 Å². The zero-order valence-electron chi connectivity index (χ0n) is 16.0. The molecule has 1 aliphatic carbocycles. The molecule has 25 heavy (non-hydrogen) atoms. The Bertz CT molecular complexity index is 457. The SMILES string of the molecule is CC1CCCC(CNC(=O)N2CCCC(N(C)CC(=O)O)CC2)C1C. The van der Waals surface area contributed by atoms with Crippen LogP contribution in [0.3, 0.4) is 0 Å². The van der Waals surface area contributed by atoms with Gasteiger partial charge in [-0.05, 0) is 50.5 Å². The number of likely N-dealkylation sites (N-methyl/N-ethyl adjacent to an activating group) is 1. The molecule has 2 rings (SSSR count). The fraction of sp³-hybridized carbons (Fsp3) is 0.895. The van der Waals surface area contributed by atoms with Gasteiger partial charge in [0.15, 0.2) is 0 Å². The molecule has 2 N–H and O–H groups in total. The molecule has 1 saturated heterocycles. The summed E-state index contributed by atoms with van der Waals surface area (Å²) in [6, 6.07) is 0.292. The van der Waals surface area contributed by atoms with Gasteiger partial charge in [0, 0.05) is 25.7 Å². The van der Waals surface area contributed by atoms with Crippen LogP contribution in [0, 0.1) is 17.8 Å². The van der Waals surface area contributed by atoms with E-state index in [-0.39, 0.29) is 18.6 Å². The maximum Gasteiger partial charge on any atom is 0.317 e. The molecule has 0 aromatic rings. The van der Waals surface area contributed by atoms with Crippen molar-refractivity contribution < 1.29 is 14.7 Å². The molecule has 1 aliphatic heterocycles. The zero-order valence-corrected chi connectivity index (χ0v) is 16.0. The molecule has 144 valence electrons. The summed E-state index contributed by atoms with van der Waals surface area (Å²) >= 11 is 0. The predicted octanol–water partition coefficient (Wildman–Crippen LogP) is 2.64. The molecule has 6 nitrogen and oxygen atoms in total. The first-order valence-electron chi connectivity index (χ1n) is 9.83. The largest absolute Gasteiger partial charge is 0.480 e. The average molecular weight is 354 g/mol. The van der Waals surface area contributed by atoms with Crippen molar-refractivity contribution in [3.63, 3.8) is 0 Å². The van der Waals surface area contributed by atoms with Gasteiger partial charge in [0.2, 0.25) is 0 Å². The monoisotopic (exact) mass is 353 g/mol. The van der Waals surface area contributed by atoms with Gasteiger partial charge in [-0.2, -0.15) is 0 Å². The number of hydrogen-bond acceptors (Lipinski definition) is 3. The second-order valence-electron chi connectivity index (χ2n) is 8.09. The third kappa shape index (κ3) is 5.87. The number of carboxylic acid groups (broad SMARTS) is 1. The number of likely N-dealkylation sites (tertiary alicyclic amines) is 1. The van der Waals surface area contributed by atoms with Crippen molar-refractivity contribution in [2.24, 2.45) is 17.8 Å². The molecule has 0 aromatic carbocycles. The van der Waals surface area contributed by atoms with E-state index in [0.29, 0.717) is 18.4 Å². The molecule has 2 fully saturated rings. The lowest BCUT2D eigenvalue weighted by Crippen LogP contribution is -2.44. The number of amides is 2. The lowest BCUT2D eigenvalue weighted by molar-refractivity contribution is -0.138. The number of carboxylic acids is 1. The minimum Gasteiger partial charge on any atom is -0.480 e. The summed E-state index contributed by atoms with van der Waals surface area (Å²) < 4.78 is 0. The van der Waals surface area contributed by atoms with Crippen molar-refractivity contribution in [1.29, 1.82) is 0 Å². The molecule has 0 spiro atoms. The van der Waals surface area contributed by atoms with Crippen LogP contribution in [-0.4, -0.2) is 66.2 Å². The zero-order chi connectivity index (χ0) is 18.4. The summed E-state index contributed by atoms with van der Waals surface area (Å²) in [5.74, 6) is 1.22. The van der Waals surface area contributed by atoms with Crippen LogP contribution < -0.4 is 5.32 Å². The number of aliphatic carboxylic acids is 1. The summed E-state index contributed by atoms with van der Waals surface area (Å²) in [7, 11) is 1.86. The van der Waals surface area contributed by atoms with E-state index in [1.807, 2.05) is 16.8 Å². The van der Waals surface area contributed by atoms with Crippen molar-refractivity contribution in [3.8, 4) is 0 Å². The minimum atomic E-state index is -0.794. The van der Waals surface area contributed by atoms with Crippen LogP contribution in [0.5, 0.6) is 0 Å². The number of urea groups is 1. The molecule has 1 heterocycles. The molecule has 0 radical (unpaired) electrons. The third-order valence-corrected chi connectivity index (χ3v) is 6.38. The number of carbonyl (C=O) groups excluding carboxylic acids is 1. The van der Waals surface area contributed by atoms with Gasteiger partial charge in [-0.25, -0.2) is 4.79 Å². The molecular weight excluding hydrogens is 318 g/mol. The molecule has 2 aliphatic rings. The number of hydrogen-bond donors (Lipinski definition) is 2. The van der Waals surface area contributed by atoms with Gasteiger partial charge in [-0.1, -0.05) is 26.7 Å². The molecule has 2 amide bonds. The van der Waals surface area contributed by atoms with E-state index in [0.717, 1.165) is 38.3 Å². The standard InChI is InChI=1S/C19H35N3O3/c1-14-6-4-7-16(15(14)2)12-20-19(25)22-10-5-8-17(9-11-22)21(3)13-18(23)24/h14-17H,4-13H2,1-3H3,(H,20,25)(H,23,24). The average Bonchev–Trinajstić information content (AvgIpc) is 2.81. The number of carbonyl (C=O) groups is 2. The highest BCUT2D eigenvalue weighted by atomic mass is 16.4. The summed E-state index contributed by atoms with van der Waals surface area (Å²) in [5, 5.41) is 12.1. The van der Waals surface area contributed by atoms with Crippen LogP contribution in [0.15, 0.2) is 0 Å². The molecule has 6 heteroatoms. The Morgan fingerprint density at radius 2 is 1.88 bits per heavy atom. The van der Waals surface area contributed by atoms with Crippen LogP contribution in [0.25, 0.3) is 0 Å². The van der Waals surface area contributed by atoms with E-state index in [1.54, 1.807) is 0 Å². The highest BCUT2D eigenvalue weighted by Crippen LogP contribution is 2.33. The fourth-order valence-corrected chi connectivity index (χ4v) is 4.38. The number of rotatable bonds is 5. The van der Waals surface area contributed by atoms with E-state index < -0.39 is 5.97 Å². The third-order valence-electron chi connectivity index (χ3n) is 6.38. The number of nitrogens with zero attached hydrogens (tertiary/aromatic N) is 2. The second-order valence-corrected chi connectivity index (χ2v) is 8.09. The number of nitrogens with one attached hydrogen (secondary N) is 1. The summed E-state index contributed by atoms with van der Waals surface area (Å²) in [5.41, 5.74) is 0. The Morgan fingerprint density at radius 3 is 2.60 bits per heavy atom. The first kappa shape index (κ1) is 20.0. The van der Waals surface area contributed by atoms with E-state index >= 15 is 0 Å². The molecule has 0 aromatic heterocycles.